The Kier molecular flexibility index (Phi) is 5.36. The van der Waals surface area contributed by atoms with Crippen LogP contribution in [-0.4, -0.2) is 46.9 Å². The van der Waals surface area contributed by atoms with Crippen molar-refractivity contribution in [3.05, 3.63) is 29.8 Å². The molecule has 1 heterocycles. The summed E-state index contributed by atoms with van der Waals surface area (Å²) in [5.74, 6) is -1.28. The van der Waals surface area contributed by atoms with Crippen molar-refractivity contribution in [3.63, 3.8) is 0 Å². The summed E-state index contributed by atoms with van der Waals surface area (Å²) in [5.41, 5.74) is 1.96. The molecule has 0 saturated carbocycles. The number of nitrogens with zero attached hydrogens (tertiary/aromatic N) is 2. The van der Waals surface area contributed by atoms with Gasteiger partial charge in [0.2, 0.25) is 11.8 Å². The van der Waals surface area contributed by atoms with Crippen molar-refractivity contribution in [2.75, 3.05) is 18.0 Å². The zero-order valence-corrected chi connectivity index (χ0v) is 13.5. The largest absolute Gasteiger partial charge is 0.480 e. The van der Waals surface area contributed by atoms with Crippen LogP contribution in [0, 0.1) is 0 Å². The topological polar surface area (TPSA) is 77.9 Å². The van der Waals surface area contributed by atoms with E-state index in [1.54, 1.807) is 18.7 Å². The summed E-state index contributed by atoms with van der Waals surface area (Å²) in [5, 5.41) is 8.91. The maximum Gasteiger partial charge on any atom is 0.323 e. The highest BCUT2D eigenvalue weighted by Crippen LogP contribution is 2.27. The second-order valence-corrected chi connectivity index (χ2v) is 5.93. The van der Waals surface area contributed by atoms with E-state index >= 15 is 0 Å². The van der Waals surface area contributed by atoms with Crippen LogP contribution in [-0.2, 0) is 20.8 Å². The molecule has 6 nitrogen and oxygen atoms in total. The number of fused-ring (bicyclic) bond motifs is 1. The minimum atomic E-state index is -1.04. The minimum absolute atomic E-state index is 0.00540. The van der Waals surface area contributed by atoms with Gasteiger partial charge in [-0.1, -0.05) is 18.2 Å². The lowest BCUT2D eigenvalue weighted by Crippen LogP contribution is -2.43. The average molecular weight is 318 g/mol. The molecule has 0 unspecified atom stereocenters. The molecule has 0 fully saturated rings. The summed E-state index contributed by atoms with van der Waals surface area (Å²) in [6, 6.07) is 7.49. The lowest BCUT2D eigenvalue weighted by Gasteiger charge is -2.31. The summed E-state index contributed by atoms with van der Waals surface area (Å²) < 4.78 is 0. The van der Waals surface area contributed by atoms with Crippen LogP contribution in [0.4, 0.5) is 5.69 Å². The highest BCUT2D eigenvalue weighted by atomic mass is 16.4. The Hall–Kier alpha value is -2.37. The molecule has 6 heteroatoms. The molecule has 0 aliphatic carbocycles. The van der Waals surface area contributed by atoms with Crippen LogP contribution in [0.5, 0.6) is 0 Å². The van der Waals surface area contributed by atoms with Crippen molar-refractivity contribution >= 4 is 23.5 Å². The minimum Gasteiger partial charge on any atom is -0.480 e. The molecule has 124 valence electrons. The van der Waals surface area contributed by atoms with Gasteiger partial charge >= 0.3 is 5.97 Å². The number of para-hydroxylation sites is 1. The molecule has 0 saturated heterocycles. The summed E-state index contributed by atoms with van der Waals surface area (Å²) in [4.78, 5) is 38.3. The number of hydrogen-bond acceptors (Lipinski definition) is 3. The zero-order valence-electron chi connectivity index (χ0n) is 13.5. The molecule has 1 aromatic rings. The molecule has 0 atom stereocenters. The van der Waals surface area contributed by atoms with Gasteiger partial charge in [-0.25, -0.2) is 0 Å². The summed E-state index contributed by atoms with van der Waals surface area (Å²) in [6.07, 6.45) is 1.27. The molecule has 2 rings (SSSR count). The number of carboxylic acids is 1. The average Bonchev–Trinajstić information content (AvgIpc) is 2.51. The first-order chi connectivity index (χ1) is 10.9. The summed E-state index contributed by atoms with van der Waals surface area (Å²) >= 11 is 0. The standard InChI is InChI=1S/C17H22N2O4/c1-12(2)19(11-17(22)23)16(21)9-10-18-14-6-4-3-5-13(14)7-8-15(18)20/h3-6,12H,7-11H2,1-2H3,(H,22,23). The number of amides is 2. The van der Waals surface area contributed by atoms with Crippen molar-refractivity contribution in [3.8, 4) is 0 Å². The number of carbonyl (C=O) groups is 3. The van der Waals surface area contributed by atoms with Gasteiger partial charge in [-0.05, 0) is 31.9 Å². The van der Waals surface area contributed by atoms with E-state index in [1.807, 2.05) is 24.3 Å². The van der Waals surface area contributed by atoms with Crippen molar-refractivity contribution in [1.29, 1.82) is 0 Å². The summed E-state index contributed by atoms with van der Waals surface area (Å²) in [6.45, 7) is 3.52. The maximum absolute atomic E-state index is 12.3. The molecular weight excluding hydrogens is 296 g/mol. The van der Waals surface area contributed by atoms with Gasteiger partial charge in [0, 0.05) is 31.1 Å². The number of aryl methyl sites for hydroxylation is 1. The Bertz CT molecular complexity index is 612. The van der Waals surface area contributed by atoms with Crippen LogP contribution in [0.1, 0.15) is 32.3 Å². The molecule has 2 amide bonds. The van der Waals surface area contributed by atoms with E-state index in [4.69, 9.17) is 5.11 Å². The van der Waals surface area contributed by atoms with Gasteiger partial charge in [-0.2, -0.15) is 0 Å². The van der Waals surface area contributed by atoms with Gasteiger partial charge in [0.25, 0.3) is 0 Å². The van der Waals surface area contributed by atoms with Gasteiger partial charge in [0.1, 0.15) is 6.54 Å². The molecule has 0 bridgehead atoms. The molecule has 1 aliphatic heterocycles. The zero-order chi connectivity index (χ0) is 17.0. The number of aliphatic carboxylic acids is 1. The molecule has 0 aromatic heterocycles. The molecule has 1 aliphatic rings. The van der Waals surface area contributed by atoms with Crippen molar-refractivity contribution < 1.29 is 19.5 Å². The predicted octanol–water partition coefficient (Wildman–Crippen LogP) is 1.68. The third-order valence-electron chi connectivity index (χ3n) is 3.99. The molecule has 0 spiro atoms. The molecule has 1 aromatic carbocycles. The van der Waals surface area contributed by atoms with Crippen LogP contribution in [0.25, 0.3) is 0 Å². The first-order valence-electron chi connectivity index (χ1n) is 7.79. The van der Waals surface area contributed by atoms with Gasteiger partial charge in [0.05, 0.1) is 0 Å². The summed E-state index contributed by atoms with van der Waals surface area (Å²) in [7, 11) is 0. The van der Waals surface area contributed by atoms with Gasteiger partial charge in [-0.3, -0.25) is 14.4 Å². The predicted molar refractivity (Wildman–Crippen MR) is 86.2 cm³/mol. The van der Waals surface area contributed by atoms with Crippen molar-refractivity contribution in [1.82, 2.24) is 4.90 Å². The lowest BCUT2D eigenvalue weighted by atomic mass is 10.0. The number of hydrogen-bond donors (Lipinski definition) is 1. The molecule has 1 N–H and O–H groups in total. The second-order valence-electron chi connectivity index (χ2n) is 5.93. The Labute approximate surface area is 135 Å². The fraction of sp³-hybridized carbons (Fsp3) is 0.471. The van der Waals surface area contributed by atoms with E-state index in [0.29, 0.717) is 6.42 Å². The number of benzene rings is 1. The molecule has 0 radical (unpaired) electrons. The van der Waals surface area contributed by atoms with E-state index < -0.39 is 5.97 Å². The first-order valence-corrected chi connectivity index (χ1v) is 7.79. The van der Waals surface area contributed by atoms with E-state index in [0.717, 1.165) is 17.7 Å². The quantitative estimate of drug-likeness (QED) is 0.865. The van der Waals surface area contributed by atoms with E-state index in [9.17, 15) is 14.4 Å². The van der Waals surface area contributed by atoms with Crippen LogP contribution in [0.2, 0.25) is 0 Å². The first kappa shape index (κ1) is 17.0. The van der Waals surface area contributed by atoms with Crippen LogP contribution >= 0.6 is 0 Å². The Morgan fingerprint density at radius 1 is 1.26 bits per heavy atom. The maximum atomic E-state index is 12.3. The normalized spacial score (nSPS) is 13.9. The molecular formula is C17H22N2O4. The number of rotatable bonds is 6. The SMILES string of the molecule is CC(C)N(CC(=O)O)C(=O)CCN1C(=O)CCc2ccccc21. The Balaban J connectivity index is 2.06. The van der Waals surface area contributed by atoms with Crippen LogP contribution in [0.15, 0.2) is 24.3 Å². The van der Waals surface area contributed by atoms with Crippen LogP contribution < -0.4 is 4.90 Å². The van der Waals surface area contributed by atoms with Crippen molar-refractivity contribution in [2.24, 2.45) is 0 Å². The lowest BCUT2D eigenvalue weighted by molar-refractivity contribution is -0.145. The molecule has 23 heavy (non-hydrogen) atoms. The highest BCUT2D eigenvalue weighted by molar-refractivity contribution is 5.97. The third kappa shape index (κ3) is 4.09. The van der Waals surface area contributed by atoms with Crippen molar-refractivity contribution in [2.45, 2.75) is 39.2 Å². The highest BCUT2D eigenvalue weighted by Gasteiger charge is 2.26. The number of carboxylic acid groups (broad SMARTS) is 1. The fourth-order valence-electron chi connectivity index (χ4n) is 2.80. The Morgan fingerprint density at radius 2 is 1.96 bits per heavy atom. The monoisotopic (exact) mass is 318 g/mol. The van der Waals surface area contributed by atoms with E-state index in [1.165, 1.54) is 4.90 Å². The van der Waals surface area contributed by atoms with Gasteiger partial charge < -0.3 is 14.9 Å². The fourth-order valence-corrected chi connectivity index (χ4v) is 2.80. The van der Waals surface area contributed by atoms with Gasteiger partial charge in [0.15, 0.2) is 0 Å². The third-order valence-corrected chi connectivity index (χ3v) is 3.99. The smallest absolute Gasteiger partial charge is 0.323 e. The van der Waals surface area contributed by atoms with Crippen LogP contribution in [0.3, 0.4) is 0 Å². The van der Waals surface area contributed by atoms with E-state index in [2.05, 4.69) is 0 Å². The van der Waals surface area contributed by atoms with Gasteiger partial charge in [-0.15, -0.1) is 0 Å². The number of anilines is 1. The second kappa shape index (κ2) is 7.26. The van der Waals surface area contributed by atoms with E-state index in [-0.39, 0.29) is 37.4 Å². The number of carbonyl (C=O) groups excluding carboxylic acids is 2. The Morgan fingerprint density at radius 3 is 2.61 bits per heavy atom.